The second-order valence-electron chi connectivity index (χ2n) is 3.74. The maximum absolute atomic E-state index is 11.7. The molecule has 6 heteroatoms. The first-order valence-corrected chi connectivity index (χ1v) is 5.51. The standard InChI is InChI=1S/C12H10ClNO4/c1-6-8-4-7(13)2-3-9(8)18-11(6)12(16)17-5-10(14)15/h2-4H,5H2,1H3,(H2,14,15). The van der Waals surface area contributed by atoms with E-state index in [4.69, 9.17) is 21.8 Å². The number of hydrogen-bond donors (Lipinski definition) is 1. The van der Waals surface area contributed by atoms with Crippen LogP contribution < -0.4 is 5.73 Å². The minimum atomic E-state index is -0.723. The molecule has 0 fully saturated rings. The predicted molar refractivity (Wildman–Crippen MR) is 65.4 cm³/mol. The Balaban J connectivity index is 2.36. The van der Waals surface area contributed by atoms with Gasteiger partial charge in [-0.1, -0.05) is 11.6 Å². The Morgan fingerprint density at radius 2 is 2.17 bits per heavy atom. The molecule has 0 aliphatic rings. The number of furan rings is 1. The molecule has 94 valence electrons. The fourth-order valence-electron chi connectivity index (χ4n) is 1.59. The highest BCUT2D eigenvalue weighted by atomic mass is 35.5. The van der Waals surface area contributed by atoms with Gasteiger partial charge >= 0.3 is 5.97 Å². The van der Waals surface area contributed by atoms with Gasteiger partial charge < -0.3 is 14.9 Å². The molecule has 0 aliphatic carbocycles. The fraction of sp³-hybridized carbons (Fsp3) is 0.167. The number of carbonyl (C=O) groups is 2. The van der Waals surface area contributed by atoms with E-state index >= 15 is 0 Å². The van der Waals surface area contributed by atoms with Crippen molar-refractivity contribution >= 4 is 34.4 Å². The number of ether oxygens (including phenoxy) is 1. The van der Waals surface area contributed by atoms with Crippen LogP contribution in [-0.4, -0.2) is 18.5 Å². The van der Waals surface area contributed by atoms with Gasteiger partial charge in [-0.3, -0.25) is 4.79 Å². The van der Waals surface area contributed by atoms with Gasteiger partial charge in [0.05, 0.1) is 0 Å². The van der Waals surface area contributed by atoms with Crippen LogP contribution in [0.1, 0.15) is 16.1 Å². The van der Waals surface area contributed by atoms with Gasteiger partial charge in [0.25, 0.3) is 5.91 Å². The third-order valence-corrected chi connectivity index (χ3v) is 2.66. The Kier molecular flexibility index (Phi) is 3.25. The van der Waals surface area contributed by atoms with Crippen molar-refractivity contribution in [1.29, 1.82) is 0 Å². The highest BCUT2D eigenvalue weighted by Gasteiger charge is 2.19. The third kappa shape index (κ3) is 2.31. The number of primary amides is 1. The third-order valence-electron chi connectivity index (χ3n) is 2.43. The minimum Gasteiger partial charge on any atom is -0.450 e. The molecule has 2 N–H and O–H groups in total. The number of hydrogen-bond acceptors (Lipinski definition) is 4. The van der Waals surface area contributed by atoms with E-state index in [0.717, 1.165) is 5.39 Å². The zero-order chi connectivity index (χ0) is 13.3. The van der Waals surface area contributed by atoms with Crippen LogP contribution in [0.25, 0.3) is 11.0 Å². The Morgan fingerprint density at radius 1 is 1.44 bits per heavy atom. The maximum atomic E-state index is 11.7. The van der Waals surface area contributed by atoms with E-state index in [1.807, 2.05) is 0 Å². The molecule has 1 aromatic carbocycles. The summed E-state index contributed by atoms with van der Waals surface area (Å²) in [4.78, 5) is 22.2. The van der Waals surface area contributed by atoms with Crippen molar-refractivity contribution in [2.75, 3.05) is 6.61 Å². The molecule has 5 nitrogen and oxygen atoms in total. The summed E-state index contributed by atoms with van der Waals surface area (Å²) in [5, 5.41) is 1.27. The van der Waals surface area contributed by atoms with Crippen molar-refractivity contribution in [3.63, 3.8) is 0 Å². The summed E-state index contributed by atoms with van der Waals surface area (Å²) in [6, 6.07) is 5.02. The van der Waals surface area contributed by atoms with Crippen molar-refractivity contribution < 1.29 is 18.7 Å². The summed E-state index contributed by atoms with van der Waals surface area (Å²) in [6.07, 6.45) is 0. The summed E-state index contributed by atoms with van der Waals surface area (Å²) < 4.78 is 10.1. The summed E-state index contributed by atoms with van der Waals surface area (Å²) in [5.74, 6) is -1.40. The summed E-state index contributed by atoms with van der Waals surface area (Å²) >= 11 is 5.86. The highest BCUT2D eigenvalue weighted by Crippen LogP contribution is 2.28. The first-order chi connectivity index (χ1) is 8.49. The van der Waals surface area contributed by atoms with E-state index in [-0.39, 0.29) is 5.76 Å². The van der Waals surface area contributed by atoms with Crippen LogP contribution in [0.15, 0.2) is 22.6 Å². The first kappa shape index (κ1) is 12.4. The van der Waals surface area contributed by atoms with Crippen LogP contribution in [0.5, 0.6) is 0 Å². The zero-order valence-electron chi connectivity index (χ0n) is 9.53. The van der Waals surface area contributed by atoms with Crippen molar-refractivity contribution in [1.82, 2.24) is 0 Å². The molecule has 0 saturated heterocycles. The lowest BCUT2D eigenvalue weighted by Crippen LogP contribution is -2.20. The van der Waals surface area contributed by atoms with E-state index in [1.165, 1.54) is 0 Å². The number of carbonyl (C=O) groups excluding carboxylic acids is 2. The molecule has 0 aliphatic heterocycles. The number of benzene rings is 1. The molecule has 2 rings (SSSR count). The minimum absolute atomic E-state index is 0.0496. The average molecular weight is 268 g/mol. The Labute approximate surface area is 107 Å². The zero-order valence-corrected chi connectivity index (χ0v) is 10.3. The number of aryl methyl sites for hydroxylation is 1. The Morgan fingerprint density at radius 3 is 2.83 bits per heavy atom. The van der Waals surface area contributed by atoms with Crippen molar-refractivity contribution in [3.05, 3.63) is 34.5 Å². The van der Waals surface area contributed by atoms with E-state index in [0.29, 0.717) is 16.2 Å². The van der Waals surface area contributed by atoms with E-state index < -0.39 is 18.5 Å². The Bertz CT molecular complexity index is 632. The molecule has 0 spiro atoms. The van der Waals surface area contributed by atoms with Crippen molar-refractivity contribution in [3.8, 4) is 0 Å². The SMILES string of the molecule is Cc1c(C(=O)OCC(N)=O)oc2ccc(Cl)cc12. The molecule has 0 unspecified atom stereocenters. The molecule has 0 radical (unpaired) electrons. The maximum Gasteiger partial charge on any atom is 0.375 e. The van der Waals surface area contributed by atoms with E-state index in [1.54, 1.807) is 25.1 Å². The van der Waals surface area contributed by atoms with Gasteiger partial charge in [-0.2, -0.15) is 0 Å². The number of halogens is 1. The predicted octanol–water partition coefficient (Wildman–Crippen LogP) is 2.04. The molecular formula is C12H10ClNO4. The summed E-state index contributed by atoms with van der Waals surface area (Å²) in [7, 11) is 0. The van der Waals surface area contributed by atoms with Crippen LogP contribution in [0, 0.1) is 6.92 Å². The topological polar surface area (TPSA) is 82.5 Å². The van der Waals surface area contributed by atoms with Gasteiger partial charge in [-0.05, 0) is 25.1 Å². The summed E-state index contributed by atoms with van der Waals surface area (Å²) in [6.45, 7) is 1.24. The quantitative estimate of drug-likeness (QED) is 0.863. The molecule has 1 amide bonds. The van der Waals surface area contributed by atoms with Gasteiger partial charge in [0, 0.05) is 16.0 Å². The summed E-state index contributed by atoms with van der Waals surface area (Å²) in [5.41, 5.74) is 6.03. The lowest BCUT2D eigenvalue weighted by atomic mass is 10.1. The number of amides is 1. The molecule has 2 aromatic rings. The average Bonchev–Trinajstić information content (AvgIpc) is 2.64. The second-order valence-corrected chi connectivity index (χ2v) is 4.18. The molecule has 0 saturated carbocycles. The molecule has 18 heavy (non-hydrogen) atoms. The molecular weight excluding hydrogens is 258 g/mol. The smallest absolute Gasteiger partial charge is 0.375 e. The molecule has 1 heterocycles. The van der Waals surface area contributed by atoms with Gasteiger partial charge in [0.15, 0.2) is 6.61 Å². The van der Waals surface area contributed by atoms with Gasteiger partial charge in [-0.15, -0.1) is 0 Å². The fourth-order valence-corrected chi connectivity index (χ4v) is 1.76. The van der Waals surface area contributed by atoms with Crippen molar-refractivity contribution in [2.45, 2.75) is 6.92 Å². The number of rotatable bonds is 3. The van der Waals surface area contributed by atoms with E-state index in [2.05, 4.69) is 4.74 Å². The molecule has 1 aromatic heterocycles. The van der Waals surface area contributed by atoms with Crippen LogP contribution in [0.3, 0.4) is 0 Å². The first-order valence-electron chi connectivity index (χ1n) is 5.13. The lowest BCUT2D eigenvalue weighted by molar-refractivity contribution is -0.121. The van der Waals surface area contributed by atoms with Gasteiger partial charge in [0.2, 0.25) is 5.76 Å². The van der Waals surface area contributed by atoms with Crippen LogP contribution in [-0.2, 0) is 9.53 Å². The van der Waals surface area contributed by atoms with Crippen LogP contribution >= 0.6 is 11.6 Å². The van der Waals surface area contributed by atoms with Gasteiger partial charge in [0.1, 0.15) is 5.58 Å². The number of nitrogens with two attached hydrogens (primary N) is 1. The molecule has 0 atom stereocenters. The van der Waals surface area contributed by atoms with Crippen molar-refractivity contribution in [2.24, 2.45) is 5.73 Å². The molecule has 0 bridgehead atoms. The van der Waals surface area contributed by atoms with Crippen LogP contribution in [0.2, 0.25) is 5.02 Å². The highest BCUT2D eigenvalue weighted by molar-refractivity contribution is 6.31. The number of esters is 1. The van der Waals surface area contributed by atoms with Crippen LogP contribution in [0.4, 0.5) is 0 Å². The monoisotopic (exact) mass is 267 g/mol. The lowest BCUT2D eigenvalue weighted by Gasteiger charge is -1.99. The Hall–Kier alpha value is -2.01. The normalized spacial score (nSPS) is 10.6. The number of fused-ring (bicyclic) bond motifs is 1. The van der Waals surface area contributed by atoms with E-state index in [9.17, 15) is 9.59 Å². The van der Waals surface area contributed by atoms with Gasteiger partial charge in [-0.25, -0.2) is 4.79 Å². The largest absolute Gasteiger partial charge is 0.450 e. The second kappa shape index (κ2) is 4.70.